The van der Waals surface area contributed by atoms with Gasteiger partial charge in [0.2, 0.25) is 13.6 Å². The predicted molar refractivity (Wildman–Crippen MR) is 135 cm³/mol. The summed E-state index contributed by atoms with van der Waals surface area (Å²) in [6.45, 7) is 9.16. The Hall–Kier alpha value is -2.49. The van der Waals surface area contributed by atoms with Crippen molar-refractivity contribution in [1.29, 1.82) is 0 Å². The molecule has 2 aromatic heterocycles. The zero-order chi connectivity index (χ0) is 30.1. The summed E-state index contributed by atoms with van der Waals surface area (Å²) < 4.78 is 49.5. The number of nitrogens with zero attached hydrogens (tertiary/aromatic N) is 4. The second-order valence-electron chi connectivity index (χ2n) is 9.89. The van der Waals surface area contributed by atoms with Gasteiger partial charge in [-0.3, -0.25) is 23.2 Å². The maximum Gasteiger partial charge on any atom is 0.466 e. The van der Waals surface area contributed by atoms with E-state index < -0.39 is 58.1 Å². The number of aromatic nitrogens is 4. The molecule has 0 amide bonds. The first kappa shape index (κ1) is 34.5. The molecular formula is C20H35N5O12P2. The van der Waals surface area contributed by atoms with Gasteiger partial charge in [-0.15, -0.1) is 0 Å². The van der Waals surface area contributed by atoms with Crippen LogP contribution in [0.5, 0.6) is 0 Å². The summed E-state index contributed by atoms with van der Waals surface area (Å²) in [6, 6.07) is 0. The van der Waals surface area contributed by atoms with Gasteiger partial charge < -0.3 is 39.2 Å². The van der Waals surface area contributed by atoms with E-state index in [1.54, 1.807) is 46.1 Å². The maximum atomic E-state index is 13.1. The van der Waals surface area contributed by atoms with E-state index in [0.717, 1.165) is 0 Å². The fraction of sp³-hybridized carbons (Fsp3) is 0.650. The summed E-state index contributed by atoms with van der Waals surface area (Å²) in [5.41, 5.74) is 5.21. The molecule has 0 bridgehead atoms. The number of ether oxygens (including phenoxy) is 3. The van der Waals surface area contributed by atoms with Gasteiger partial charge in [0.1, 0.15) is 18.2 Å². The standard InChI is InChI=1S/C20H32N5O8P.H3O4P/c1-19(2,3)17(26)30-11-32-34(28,33-12-31-18(27)20(4,5)6)13-29-8-7-25-10-24-14-15(21)22-9-23-16(14)25;1-5(2,3)4/h9-10H,7-8,11-13H2,1-6H3,(H2,21,22,23);(H3,1,2,3,4). The van der Waals surface area contributed by atoms with E-state index in [1.165, 1.54) is 12.7 Å². The molecule has 5 N–H and O–H groups in total. The minimum atomic E-state index is -4.64. The minimum absolute atomic E-state index is 0.0929. The van der Waals surface area contributed by atoms with Crippen LogP contribution in [0.2, 0.25) is 0 Å². The molecular weight excluding hydrogens is 564 g/mol. The van der Waals surface area contributed by atoms with Crippen molar-refractivity contribution in [3.05, 3.63) is 12.7 Å². The third kappa shape index (κ3) is 13.4. The average molecular weight is 599 g/mol. The van der Waals surface area contributed by atoms with Gasteiger partial charge in [-0.2, -0.15) is 0 Å². The van der Waals surface area contributed by atoms with Crippen molar-refractivity contribution >= 4 is 44.3 Å². The normalized spacial score (nSPS) is 12.5. The summed E-state index contributed by atoms with van der Waals surface area (Å²) in [4.78, 5) is 57.6. The molecule has 222 valence electrons. The van der Waals surface area contributed by atoms with E-state index in [0.29, 0.717) is 17.7 Å². The van der Waals surface area contributed by atoms with Gasteiger partial charge in [0, 0.05) is 6.54 Å². The van der Waals surface area contributed by atoms with Gasteiger partial charge in [-0.05, 0) is 41.5 Å². The third-order valence-corrected chi connectivity index (χ3v) is 5.76. The Morgan fingerprint density at radius 2 is 1.41 bits per heavy atom. The molecule has 17 nitrogen and oxygen atoms in total. The van der Waals surface area contributed by atoms with Crippen molar-refractivity contribution in [3.8, 4) is 0 Å². The second-order valence-corrected chi connectivity index (χ2v) is 12.9. The van der Waals surface area contributed by atoms with E-state index in [9.17, 15) is 14.2 Å². The van der Waals surface area contributed by atoms with Gasteiger partial charge >= 0.3 is 27.4 Å². The van der Waals surface area contributed by atoms with Crippen LogP contribution in [-0.2, 0) is 48.5 Å². The zero-order valence-electron chi connectivity index (χ0n) is 22.5. The molecule has 0 aliphatic rings. The molecule has 39 heavy (non-hydrogen) atoms. The molecule has 0 fully saturated rings. The molecule has 2 rings (SSSR count). The van der Waals surface area contributed by atoms with Crippen LogP contribution in [0.15, 0.2) is 12.7 Å². The number of anilines is 1. The molecule has 0 saturated carbocycles. The monoisotopic (exact) mass is 599 g/mol. The number of hydrogen-bond donors (Lipinski definition) is 4. The molecule has 0 radical (unpaired) electrons. The summed E-state index contributed by atoms with van der Waals surface area (Å²) in [7, 11) is -8.58. The topological polar surface area (TPSA) is 245 Å². The molecule has 0 atom stereocenters. The molecule has 0 aromatic carbocycles. The number of carbonyl (C=O) groups is 2. The predicted octanol–water partition coefficient (Wildman–Crippen LogP) is 1.77. The lowest BCUT2D eigenvalue weighted by molar-refractivity contribution is -0.162. The molecule has 0 aliphatic heterocycles. The molecule has 0 aliphatic carbocycles. The van der Waals surface area contributed by atoms with Crippen LogP contribution in [0, 0.1) is 10.8 Å². The van der Waals surface area contributed by atoms with E-state index in [4.69, 9.17) is 48.2 Å². The number of nitrogen functional groups attached to an aromatic ring is 1. The van der Waals surface area contributed by atoms with Crippen molar-refractivity contribution < 1.29 is 56.7 Å². The fourth-order valence-electron chi connectivity index (χ4n) is 2.27. The Morgan fingerprint density at radius 3 is 1.87 bits per heavy atom. The molecule has 2 aromatic rings. The number of imidazole rings is 1. The van der Waals surface area contributed by atoms with Crippen LogP contribution in [0.1, 0.15) is 41.5 Å². The number of hydrogen-bond acceptors (Lipinski definition) is 13. The molecule has 2 heterocycles. The number of rotatable bonds is 11. The van der Waals surface area contributed by atoms with Crippen molar-refractivity contribution in [2.75, 3.05) is 32.3 Å². The van der Waals surface area contributed by atoms with Crippen LogP contribution in [-0.4, -0.2) is 72.7 Å². The Kier molecular flexibility index (Phi) is 12.6. The van der Waals surface area contributed by atoms with Gasteiger partial charge in [-0.1, -0.05) is 0 Å². The Balaban J connectivity index is 0.00000139. The van der Waals surface area contributed by atoms with Crippen LogP contribution < -0.4 is 5.73 Å². The van der Waals surface area contributed by atoms with E-state index in [-0.39, 0.29) is 12.4 Å². The second kappa shape index (κ2) is 14.2. The van der Waals surface area contributed by atoms with Gasteiger partial charge in [0.15, 0.2) is 11.5 Å². The lowest BCUT2D eigenvalue weighted by Gasteiger charge is -2.22. The van der Waals surface area contributed by atoms with E-state index in [2.05, 4.69) is 15.0 Å². The highest BCUT2D eigenvalue weighted by atomic mass is 31.2. The summed E-state index contributed by atoms with van der Waals surface area (Å²) in [5.74, 6) is -0.842. The smallest absolute Gasteiger partial charge is 0.438 e. The zero-order valence-corrected chi connectivity index (χ0v) is 24.3. The van der Waals surface area contributed by atoms with Gasteiger partial charge in [0.05, 0.1) is 23.8 Å². The van der Waals surface area contributed by atoms with Crippen molar-refractivity contribution in [2.24, 2.45) is 10.8 Å². The molecule has 0 saturated heterocycles. The van der Waals surface area contributed by atoms with Crippen molar-refractivity contribution in [1.82, 2.24) is 19.5 Å². The SMILES string of the molecule is CC(C)(C)C(=O)OCOP(=O)(COCCn1cnc2c(N)ncnc21)OCOC(=O)C(C)(C)C.O=P(O)(O)O. The van der Waals surface area contributed by atoms with E-state index in [1.807, 2.05) is 0 Å². The lowest BCUT2D eigenvalue weighted by Crippen LogP contribution is -2.25. The Labute approximate surface area is 224 Å². The Morgan fingerprint density at radius 1 is 0.923 bits per heavy atom. The van der Waals surface area contributed by atoms with Crippen molar-refractivity contribution in [3.63, 3.8) is 0 Å². The summed E-state index contributed by atoms with van der Waals surface area (Å²) >= 11 is 0. The minimum Gasteiger partial charge on any atom is -0.438 e. The maximum absolute atomic E-state index is 13.1. The van der Waals surface area contributed by atoms with E-state index >= 15 is 0 Å². The highest BCUT2D eigenvalue weighted by Crippen LogP contribution is 2.48. The van der Waals surface area contributed by atoms with Crippen LogP contribution in [0.25, 0.3) is 11.2 Å². The summed E-state index contributed by atoms with van der Waals surface area (Å²) in [5, 5.41) is 0. The highest BCUT2D eigenvalue weighted by Gasteiger charge is 2.30. The quantitative estimate of drug-likeness (QED) is 0.124. The molecule has 19 heteroatoms. The van der Waals surface area contributed by atoms with Crippen LogP contribution in [0.3, 0.4) is 0 Å². The van der Waals surface area contributed by atoms with Crippen molar-refractivity contribution in [2.45, 2.75) is 48.1 Å². The number of nitrogens with two attached hydrogens (primary N) is 1. The third-order valence-electron chi connectivity index (χ3n) is 4.26. The number of fused-ring (bicyclic) bond motifs is 1. The largest absolute Gasteiger partial charge is 0.466 e. The Bertz CT molecular complexity index is 1160. The lowest BCUT2D eigenvalue weighted by atomic mass is 9.98. The van der Waals surface area contributed by atoms with Crippen LogP contribution in [0.4, 0.5) is 5.82 Å². The summed E-state index contributed by atoms with van der Waals surface area (Å²) in [6.07, 6.45) is 2.38. The first-order valence-electron chi connectivity index (χ1n) is 11.2. The first-order valence-corrected chi connectivity index (χ1v) is 14.5. The highest BCUT2D eigenvalue weighted by molar-refractivity contribution is 7.53. The number of phosphoric acid groups is 1. The molecule has 0 unspecified atom stereocenters. The van der Waals surface area contributed by atoms with Gasteiger partial charge in [-0.25, -0.2) is 19.5 Å². The van der Waals surface area contributed by atoms with Gasteiger partial charge in [0.25, 0.3) is 0 Å². The number of esters is 2. The average Bonchev–Trinajstić information content (AvgIpc) is 3.18. The van der Waals surface area contributed by atoms with Crippen LogP contribution >= 0.6 is 15.4 Å². The molecule has 0 spiro atoms. The fourth-order valence-corrected chi connectivity index (χ4v) is 3.27. The first-order chi connectivity index (χ1) is 17.7. The number of carbonyl (C=O) groups excluding carboxylic acids is 2.